The van der Waals surface area contributed by atoms with Crippen molar-refractivity contribution in [2.75, 3.05) is 6.61 Å². The van der Waals surface area contributed by atoms with Gasteiger partial charge in [-0.2, -0.15) is 0 Å². The fraction of sp³-hybridized carbons (Fsp3) is 0.214. The summed E-state index contributed by atoms with van der Waals surface area (Å²) in [5, 5.41) is 0. The summed E-state index contributed by atoms with van der Waals surface area (Å²) in [7, 11) is 0. The third-order valence-electron chi connectivity index (χ3n) is 3.16. The van der Waals surface area contributed by atoms with Gasteiger partial charge in [-0.1, -0.05) is 12.1 Å². The Bertz CT molecular complexity index is 586. The minimum Gasteiger partial charge on any atom is -0.493 e. The molecule has 2 heterocycles. The van der Waals surface area contributed by atoms with Gasteiger partial charge in [-0.15, -0.1) is 0 Å². The molecule has 1 aromatic carbocycles. The average Bonchev–Trinajstić information content (AvgIpc) is 2.85. The van der Waals surface area contributed by atoms with Crippen LogP contribution in [0.3, 0.4) is 0 Å². The Morgan fingerprint density at radius 3 is 2.94 bits per heavy atom. The Balaban J connectivity index is 1.95. The smallest absolute Gasteiger partial charge is 0.122 e. The summed E-state index contributed by atoms with van der Waals surface area (Å²) in [6.45, 7) is 0.770. The number of halogens is 1. The van der Waals surface area contributed by atoms with E-state index in [9.17, 15) is 0 Å². The van der Waals surface area contributed by atoms with Crippen molar-refractivity contribution in [2.45, 2.75) is 12.5 Å². The lowest BCUT2D eigenvalue weighted by Crippen LogP contribution is -2.12. The van der Waals surface area contributed by atoms with E-state index in [0.29, 0.717) is 0 Å². The Kier molecular flexibility index (Phi) is 3.06. The molecule has 0 spiro atoms. The SMILES string of the molecule is NC(c1cncc(Br)c1)c1ccc2c(c1)CCO2. The van der Waals surface area contributed by atoms with Gasteiger partial charge in [0.15, 0.2) is 0 Å². The van der Waals surface area contributed by atoms with Crippen LogP contribution in [0, 0.1) is 0 Å². The standard InChI is InChI=1S/C14H13BrN2O/c15-12-6-11(7-17-8-12)14(16)10-1-2-13-9(5-10)3-4-18-13/h1-2,5-8,14H,3-4,16H2. The maximum absolute atomic E-state index is 6.28. The van der Waals surface area contributed by atoms with Gasteiger partial charge in [0, 0.05) is 23.3 Å². The number of ether oxygens (including phenoxy) is 1. The average molecular weight is 305 g/mol. The molecule has 0 radical (unpaired) electrons. The van der Waals surface area contributed by atoms with Crippen LogP contribution in [-0.2, 0) is 6.42 Å². The van der Waals surface area contributed by atoms with Crippen LogP contribution in [0.25, 0.3) is 0 Å². The number of nitrogens with two attached hydrogens (primary N) is 1. The number of hydrogen-bond donors (Lipinski definition) is 1. The largest absolute Gasteiger partial charge is 0.493 e. The van der Waals surface area contributed by atoms with Gasteiger partial charge in [-0.25, -0.2) is 0 Å². The fourth-order valence-electron chi connectivity index (χ4n) is 2.19. The second-order valence-electron chi connectivity index (χ2n) is 4.38. The number of hydrogen-bond acceptors (Lipinski definition) is 3. The molecule has 92 valence electrons. The third-order valence-corrected chi connectivity index (χ3v) is 3.59. The predicted molar refractivity (Wildman–Crippen MR) is 73.6 cm³/mol. The summed E-state index contributed by atoms with van der Waals surface area (Å²) < 4.78 is 6.44. The molecule has 2 aromatic rings. The van der Waals surface area contributed by atoms with Gasteiger partial charge < -0.3 is 10.5 Å². The van der Waals surface area contributed by atoms with Crippen molar-refractivity contribution in [3.05, 3.63) is 57.8 Å². The second-order valence-corrected chi connectivity index (χ2v) is 5.30. The lowest BCUT2D eigenvalue weighted by molar-refractivity contribution is 0.357. The van der Waals surface area contributed by atoms with Gasteiger partial charge in [0.2, 0.25) is 0 Å². The van der Waals surface area contributed by atoms with Crippen LogP contribution >= 0.6 is 15.9 Å². The molecular formula is C14H13BrN2O. The molecule has 0 saturated carbocycles. The number of benzene rings is 1. The van der Waals surface area contributed by atoms with Gasteiger partial charge >= 0.3 is 0 Å². The molecule has 0 bridgehead atoms. The van der Waals surface area contributed by atoms with Crippen LogP contribution in [0.1, 0.15) is 22.7 Å². The van der Waals surface area contributed by atoms with Crippen LogP contribution in [0.2, 0.25) is 0 Å². The van der Waals surface area contributed by atoms with E-state index in [1.807, 2.05) is 18.2 Å². The molecule has 1 aliphatic heterocycles. The molecule has 1 aliphatic rings. The molecule has 3 rings (SSSR count). The van der Waals surface area contributed by atoms with E-state index in [2.05, 4.69) is 27.0 Å². The number of fused-ring (bicyclic) bond motifs is 1. The highest BCUT2D eigenvalue weighted by atomic mass is 79.9. The summed E-state index contributed by atoms with van der Waals surface area (Å²) >= 11 is 3.41. The van der Waals surface area contributed by atoms with E-state index in [-0.39, 0.29) is 6.04 Å². The predicted octanol–water partition coefficient (Wildman–Crippen LogP) is 2.83. The fourth-order valence-corrected chi connectivity index (χ4v) is 2.57. The number of pyridine rings is 1. The Morgan fingerprint density at radius 2 is 2.11 bits per heavy atom. The van der Waals surface area contributed by atoms with Crippen LogP contribution in [0.15, 0.2) is 41.1 Å². The van der Waals surface area contributed by atoms with E-state index in [4.69, 9.17) is 10.5 Å². The van der Waals surface area contributed by atoms with E-state index >= 15 is 0 Å². The van der Waals surface area contributed by atoms with Crippen LogP contribution in [-0.4, -0.2) is 11.6 Å². The van der Waals surface area contributed by atoms with Crippen molar-refractivity contribution in [3.63, 3.8) is 0 Å². The summed E-state index contributed by atoms with van der Waals surface area (Å²) in [5.41, 5.74) is 9.62. The first-order valence-corrected chi connectivity index (χ1v) is 6.65. The molecule has 2 N–H and O–H groups in total. The summed E-state index contributed by atoms with van der Waals surface area (Å²) in [4.78, 5) is 4.15. The number of rotatable bonds is 2. The third kappa shape index (κ3) is 2.13. The van der Waals surface area contributed by atoms with Crippen molar-refractivity contribution in [1.82, 2.24) is 4.98 Å². The maximum Gasteiger partial charge on any atom is 0.122 e. The second kappa shape index (κ2) is 4.71. The van der Waals surface area contributed by atoms with Gasteiger partial charge in [0.25, 0.3) is 0 Å². The Labute approximate surface area is 114 Å². The molecular weight excluding hydrogens is 292 g/mol. The van der Waals surface area contributed by atoms with Gasteiger partial charge in [0.1, 0.15) is 5.75 Å². The summed E-state index contributed by atoms with van der Waals surface area (Å²) in [5.74, 6) is 0.985. The molecule has 1 aromatic heterocycles. The van der Waals surface area contributed by atoms with Crippen LogP contribution < -0.4 is 10.5 Å². The molecule has 1 atom stereocenters. The van der Waals surface area contributed by atoms with Crippen LogP contribution in [0.4, 0.5) is 0 Å². The lowest BCUT2D eigenvalue weighted by atomic mass is 9.98. The molecule has 0 saturated heterocycles. The van der Waals surface area contributed by atoms with Gasteiger partial charge in [-0.05, 0) is 44.8 Å². The Hall–Kier alpha value is -1.39. The molecule has 0 amide bonds. The topological polar surface area (TPSA) is 48.1 Å². The van der Waals surface area contributed by atoms with E-state index in [1.54, 1.807) is 12.4 Å². The van der Waals surface area contributed by atoms with Gasteiger partial charge in [-0.3, -0.25) is 4.98 Å². The van der Waals surface area contributed by atoms with E-state index in [0.717, 1.165) is 34.4 Å². The van der Waals surface area contributed by atoms with Crippen molar-refractivity contribution in [1.29, 1.82) is 0 Å². The molecule has 1 unspecified atom stereocenters. The zero-order valence-electron chi connectivity index (χ0n) is 9.77. The monoisotopic (exact) mass is 304 g/mol. The Morgan fingerprint density at radius 1 is 1.22 bits per heavy atom. The number of aromatic nitrogens is 1. The highest BCUT2D eigenvalue weighted by Gasteiger charge is 2.16. The highest BCUT2D eigenvalue weighted by molar-refractivity contribution is 9.10. The minimum absolute atomic E-state index is 0.152. The van der Waals surface area contributed by atoms with Crippen molar-refractivity contribution < 1.29 is 4.74 Å². The summed E-state index contributed by atoms with van der Waals surface area (Å²) in [6.07, 6.45) is 4.53. The molecule has 3 nitrogen and oxygen atoms in total. The highest BCUT2D eigenvalue weighted by Crippen LogP contribution is 2.29. The maximum atomic E-state index is 6.28. The zero-order valence-corrected chi connectivity index (χ0v) is 11.4. The molecule has 0 aliphatic carbocycles. The number of nitrogens with zero attached hydrogens (tertiary/aromatic N) is 1. The lowest BCUT2D eigenvalue weighted by Gasteiger charge is -2.13. The van der Waals surface area contributed by atoms with Crippen molar-refractivity contribution in [2.24, 2.45) is 5.73 Å². The quantitative estimate of drug-likeness (QED) is 0.928. The normalized spacial score (nSPS) is 15.0. The van der Waals surface area contributed by atoms with E-state index in [1.165, 1.54) is 5.56 Å². The first kappa shape index (κ1) is 11.7. The summed E-state index contributed by atoms with van der Waals surface area (Å²) in [6, 6.07) is 8.01. The molecule has 18 heavy (non-hydrogen) atoms. The first-order valence-electron chi connectivity index (χ1n) is 5.86. The van der Waals surface area contributed by atoms with Crippen molar-refractivity contribution >= 4 is 15.9 Å². The zero-order chi connectivity index (χ0) is 12.5. The van der Waals surface area contributed by atoms with E-state index < -0.39 is 0 Å². The first-order chi connectivity index (χ1) is 8.74. The van der Waals surface area contributed by atoms with Crippen molar-refractivity contribution in [3.8, 4) is 5.75 Å². The molecule has 4 heteroatoms. The van der Waals surface area contributed by atoms with Crippen LogP contribution in [0.5, 0.6) is 5.75 Å². The molecule has 0 fully saturated rings. The minimum atomic E-state index is -0.152. The van der Waals surface area contributed by atoms with Gasteiger partial charge in [0.05, 0.1) is 12.6 Å².